The number of urea groups is 1. The number of pyridine rings is 1. The first kappa shape index (κ1) is 46.9. The molecule has 10 N–H and O–H groups in total. The minimum absolute atomic E-state index is 0.0358. The van der Waals surface area contributed by atoms with Crippen LogP contribution in [0.25, 0.3) is 11.2 Å². The Kier molecular flexibility index (Phi) is 17.8. The lowest BCUT2D eigenvalue weighted by molar-refractivity contribution is -0.131. The van der Waals surface area contributed by atoms with Crippen LogP contribution in [0.3, 0.4) is 0 Å². The zero-order chi connectivity index (χ0) is 44.5. The van der Waals surface area contributed by atoms with Gasteiger partial charge in [-0.2, -0.15) is 9.97 Å². The van der Waals surface area contributed by atoms with E-state index < -0.39 is 47.6 Å². The SMILES string of the molecule is CCCOc1nc(NC(=O)OCc2ccc(NC(=O)[C@H](CCCNC(N)=O)NC(=O)C(NC(=O)CN)C(C)C)cc2)c2[nH]c(=O)n(Cc3ccc(OCCN(C)C)nc3)c2n1. The molecule has 0 spiro atoms. The van der Waals surface area contributed by atoms with Crippen molar-refractivity contribution in [2.24, 2.45) is 17.4 Å². The highest BCUT2D eigenvalue weighted by molar-refractivity contribution is 5.98. The molecule has 0 bridgehead atoms. The van der Waals surface area contributed by atoms with Gasteiger partial charge in [0, 0.05) is 31.0 Å². The summed E-state index contributed by atoms with van der Waals surface area (Å²) >= 11 is 0. The average molecular weight is 850 g/mol. The van der Waals surface area contributed by atoms with Crippen LogP contribution in [-0.4, -0.2) is 118 Å². The number of benzene rings is 1. The predicted octanol–water partition coefficient (Wildman–Crippen LogP) is 1.01. The van der Waals surface area contributed by atoms with E-state index in [0.29, 0.717) is 42.1 Å². The van der Waals surface area contributed by atoms with Crippen molar-refractivity contribution in [1.29, 1.82) is 0 Å². The van der Waals surface area contributed by atoms with Crippen molar-refractivity contribution in [3.63, 3.8) is 0 Å². The van der Waals surface area contributed by atoms with Crippen molar-refractivity contribution in [3.05, 3.63) is 64.2 Å². The van der Waals surface area contributed by atoms with Crippen molar-refractivity contribution in [1.82, 2.24) is 45.4 Å². The molecule has 330 valence electrons. The molecule has 1 unspecified atom stereocenters. The molecule has 0 fully saturated rings. The Morgan fingerprint density at radius 1 is 0.934 bits per heavy atom. The lowest BCUT2D eigenvalue weighted by Crippen LogP contribution is -2.55. The minimum atomic E-state index is -1.04. The van der Waals surface area contributed by atoms with Gasteiger partial charge in [0.2, 0.25) is 23.6 Å². The second-order valence-corrected chi connectivity index (χ2v) is 14.4. The number of primary amides is 1. The van der Waals surface area contributed by atoms with Crippen LogP contribution in [-0.2, 0) is 32.3 Å². The Labute approximate surface area is 351 Å². The van der Waals surface area contributed by atoms with E-state index in [-0.39, 0.29) is 68.2 Å². The smallest absolute Gasteiger partial charge is 0.413 e. The minimum Gasteiger partial charge on any atom is -0.476 e. The van der Waals surface area contributed by atoms with Crippen molar-refractivity contribution < 1.29 is 38.2 Å². The first-order chi connectivity index (χ1) is 29.2. The number of rotatable bonds is 23. The summed E-state index contributed by atoms with van der Waals surface area (Å²) in [6.45, 7) is 6.64. The summed E-state index contributed by atoms with van der Waals surface area (Å²) in [7, 11) is 3.89. The van der Waals surface area contributed by atoms with E-state index in [1.165, 1.54) is 4.57 Å². The standard InChI is InChI=1S/C39H55N13O9/c1-6-17-60-37-48-32(31-33(50-37)52(38(57)47-31)21-25-11-14-29(43-20-25)59-18-16-51(4)5)49-39(58)61-22-24-9-12-26(13-10-24)44-34(54)27(8-7-15-42-36(41)56)45-35(55)30(23(2)3)46-28(53)19-40/h9-14,20,23,27,30H,6-8,15-19,21-22,40H2,1-5H3,(H,44,54)(H,45,55)(H,46,53)(H,47,57)(H3,41,42,56)(H,48,49,50,58)/t27-,30?/m0/s1. The second-order valence-electron chi connectivity index (χ2n) is 14.4. The first-order valence-electron chi connectivity index (χ1n) is 19.7. The molecule has 1 aromatic carbocycles. The summed E-state index contributed by atoms with van der Waals surface area (Å²) in [5, 5.41) is 13.0. The number of nitrogens with two attached hydrogens (primary N) is 2. The molecule has 22 nitrogen and oxygen atoms in total. The summed E-state index contributed by atoms with van der Waals surface area (Å²) in [5.41, 5.74) is 12.0. The normalized spacial score (nSPS) is 12.1. The molecule has 3 heterocycles. The van der Waals surface area contributed by atoms with Gasteiger partial charge in [-0.3, -0.25) is 24.3 Å². The molecule has 0 aliphatic carbocycles. The lowest BCUT2D eigenvalue weighted by atomic mass is 10.0. The number of likely N-dealkylation sites (N-methyl/N-ethyl adjacent to an activating group) is 1. The van der Waals surface area contributed by atoms with Crippen LogP contribution >= 0.6 is 0 Å². The molecule has 3 aromatic heterocycles. The van der Waals surface area contributed by atoms with Gasteiger partial charge in [0.15, 0.2) is 11.5 Å². The molecule has 0 saturated heterocycles. The van der Waals surface area contributed by atoms with Crippen molar-refractivity contribution in [3.8, 4) is 11.9 Å². The summed E-state index contributed by atoms with van der Waals surface area (Å²) in [6, 6.07) is 7.15. The average Bonchev–Trinajstić information content (AvgIpc) is 3.54. The van der Waals surface area contributed by atoms with E-state index in [0.717, 1.165) is 6.54 Å². The van der Waals surface area contributed by atoms with Crippen LogP contribution < -0.4 is 53.2 Å². The topological polar surface area (TPSA) is 305 Å². The van der Waals surface area contributed by atoms with Crippen molar-refractivity contribution in [2.75, 3.05) is 57.6 Å². The number of aromatic nitrogens is 5. The van der Waals surface area contributed by atoms with Gasteiger partial charge in [0.25, 0.3) is 0 Å². The molecule has 2 atom stereocenters. The quantitative estimate of drug-likeness (QED) is 0.0484. The Morgan fingerprint density at radius 2 is 1.67 bits per heavy atom. The number of imidazole rings is 1. The van der Waals surface area contributed by atoms with Gasteiger partial charge in [0.05, 0.1) is 19.7 Å². The number of aromatic amines is 1. The molecule has 0 radical (unpaired) electrons. The van der Waals surface area contributed by atoms with Crippen LogP contribution in [0.2, 0.25) is 0 Å². The van der Waals surface area contributed by atoms with E-state index >= 15 is 0 Å². The molecule has 0 aliphatic rings. The zero-order valence-corrected chi connectivity index (χ0v) is 34.9. The molecule has 0 saturated carbocycles. The van der Waals surface area contributed by atoms with Gasteiger partial charge in [-0.05, 0) is 62.5 Å². The van der Waals surface area contributed by atoms with Gasteiger partial charge >= 0.3 is 23.8 Å². The first-order valence-corrected chi connectivity index (χ1v) is 19.7. The molecule has 4 rings (SSSR count). The number of nitrogens with one attached hydrogen (secondary N) is 6. The maximum atomic E-state index is 13.4. The summed E-state index contributed by atoms with van der Waals surface area (Å²) in [4.78, 5) is 93.7. The summed E-state index contributed by atoms with van der Waals surface area (Å²) in [5.74, 6) is -1.56. The Balaban J connectivity index is 1.41. The largest absolute Gasteiger partial charge is 0.476 e. The van der Waals surface area contributed by atoms with Gasteiger partial charge in [0.1, 0.15) is 30.8 Å². The summed E-state index contributed by atoms with van der Waals surface area (Å²) in [6.07, 6.45) is 1.82. The third-order valence-electron chi connectivity index (χ3n) is 8.83. The monoisotopic (exact) mass is 849 g/mol. The van der Waals surface area contributed by atoms with E-state index in [1.54, 1.807) is 56.4 Å². The molecule has 61 heavy (non-hydrogen) atoms. The fourth-order valence-corrected chi connectivity index (χ4v) is 5.62. The highest BCUT2D eigenvalue weighted by Gasteiger charge is 2.29. The van der Waals surface area contributed by atoms with Gasteiger partial charge in [-0.1, -0.05) is 39.0 Å². The molecule has 6 amide bonds. The molecule has 22 heteroatoms. The number of carbonyl (C=O) groups excluding carboxylic acids is 5. The van der Waals surface area contributed by atoms with Crippen LogP contribution in [0.4, 0.5) is 21.1 Å². The van der Waals surface area contributed by atoms with E-state index in [1.807, 2.05) is 25.9 Å². The van der Waals surface area contributed by atoms with E-state index in [4.69, 9.17) is 25.7 Å². The molecule has 0 aliphatic heterocycles. The zero-order valence-electron chi connectivity index (χ0n) is 34.9. The number of anilines is 2. The maximum absolute atomic E-state index is 13.4. The third kappa shape index (κ3) is 14.8. The second kappa shape index (κ2) is 23.1. The summed E-state index contributed by atoms with van der Waals surface area (Å²) < 4.78 is 18.2. The number of nitrogens with zero attached hydrogens (tertiary/aromatic N) is 5. The van der Waals surface area contributed by atoms with Crippen LogP contribution in [0.5, 0.6) is 11.9 Å². The highest BCUT2D eigenvalue weighted by Crippen LogP contribution is 2.22. The third-order valence-corrected chi connectivity index (χ3v) is 8.83. The van der Waals surface area contributed by atoms with E-state index in [9.17, 15) is 28.8 Å². The van der Waals surface area contributed by atoms with Crippen LogP contribution in [0.15, 0.2) is 47.4 Å². The number of amides is 6. The van der Waals surface area contributed by atoms with Crippen LogP contribution in [0, 0.1) is 5.92 Å². The number of hydrogen-bond acceptors (Lipinski definition) is 14. The molecular formula is C39H55N13O9. The Hall–Kier alpha value is -6.81. The maximum Gasteiger partial charge on any atom is 0.413 e. The Morgan fingerprint density at radius 3 is 2.31 bits per heavy atom. The highest BCUT2D eigenvalue weighted by atomic mass is 16.5. The van der Waals surface area contributed by atoms with E-state index in [2.05, 4.69) is 46.5 Å². The van der Waals surface area contributed by atoms with Gasteiger partial charge in [-0.15, -0.1) is 0 Å². The van der Waals surface area contributed by atoms with Crippen LogP contribution in [0.1, 0.15) is 51.2 Å². The lowest BCUT2D eigenvalue weighted by Gasteiger charge is -2.25. The number of hydrogen-bond donors (Lipinski definition) is 8. The van der Waals surface area contributed by atoms with Gasteiger partial charge in [-0.25, -0.2) is 19.4 Å². The number of carbonyl (C=O) groups is 5. The predicted molar refractivity (Wildman–Crippen MR) is 225 cm³/mol. The fourth-order valence-electron chi connectivity index (χ4n) is 5.62. The number of ether oxygens (including phenoxy) is 3. The molecular weight excluding hydrogens is 795 g/mol. The number of fused-ring (bicyclic) bond motifs is 1. The van der Waals surface area contributed by atoms with Crippen molar-refractivity contribution >= 4 is 52.5 Å². The fraction of sp³-hybridized carbons (Fsp3) is 0.462. The number of H-pyrrole nitrogens is 1. The van der Waals surface area contributed by atoms with Gasteiger partial charge < -0.3 is 56.8 Å². The molecule has 4 aromatic rings. The Bertz CT molecular complexity index is 2160. The van der Waals surface area contributed by atoms with Crippen molar-refractivity contribution in [2.45, 2.75) is 65.3 Å².